The number of aromatic nitrogens is 1. The first kappa shape index (κ1) is 25.6. The molecule has 8 nitrogen and oxygen atoms in total. The highest BCUT2D eigenvalue weighted by atomic mass is 35.5. The van der Waals surface area contributed by atoms with Gasteiger partial charge in [-0.2, -0.15) is 5.10 Å². The molecule has 1 fully saturated rings. The fraction of sp³-hybridized carbons (Fsp3) is 0.269. The number of benzene rings is 2. The van der Waals surface area contributed by atoms with Crippen molar-refractivity contribution in [1.82, 2.24) is 14.9 Å². The van der Waals surface area contributed by atoms with Crippen LogP contribution in [0.25, 0.3) is 5.69 Å². The van der Waals surface area contributed by atoms with E-state index in [1.165, 1.54) is 11.1 Å². The monoisotopic (exact) mass is 527 g/mol. The summed E-state index contributed by atoms with van der Waals surface area (Å²) in [5, 5.41) is 4.94. The van der Waals surface area contributed by atoms with Crippen molar-refractivity contribution in [3.8, 4) is 11.4 Å². The van der Waals surface area contributed by atoms with Crippen LogP contribution < -0.4 is 15.1 Å². The van der Waals surface area contributed by atoms with Crippen molar-refractivity contribution < 1.29 is 14.3 Å². The quantitative estimate of drug-likeness (QED) is 0.306. The predicted molar refractivity (Wildman–Crippen MR) is 143 cm³/mol. The van der Waals surface area contributed by atoms with Crippen molar-refractivity contribution in [2.75, 3.05) is 38.2 Å². The summed E-state index contributed by atoms with van der Waals surface area (Å²) in [7, 11) is 1.63. The fourth-order valence-corrected chi connectivity index (χ4v) is 4.73. The minimum Gasteiger partial charge on any atom is -0.495 e. The van der Waals surface area contributed by atoms with Gasteiger partial charge in [-0.1, -0.05) is 41.4 Å². The molecule has 0 spiro atoms. The molecule has 2 heterocycles. The molecule has 0 atom stereocenters. The highest BCUT2D eigenvalue weighted by molar-refractivity contribution is 6.43. The molecule has 0 radical (unpaired) electrons. The highest BCUT2D eigenvalue weighted by Crippen LogP contribution is 2.31. The van der Waals surface area contributed by atoms with Gasteiger partial charge in [-0.25, -0.2) is 5.43 Å². The number of carbonyl (C=O) groups excluding carboxylic acids is 2. The van der Waals surface area contributed by atoms with E-state index in [0.29, 0.717) is 36.2 Å². The van der Waals surface area contributed by atoms with Gasteiger partial charge in [0.2, 0.25) is 0 Å². The number of carbonyl (C=O) groups is 2. The number of para-hydroxylation sites is 2. The maximum Gasteiger partial charge on any atom is 0.329 e. The molecule has 1 saturated heterocycles. The van der Waals surface area contributed by atoms with Crippen molar-refractivity contribution in [3.05, 3.63) is 75.5 Å². The number of amides is 2. The zero-order chi connectivity index (χ0) is 25.8. The number of aryl methyl sites for hydroxylation is 1. The van der Waals surface area contributed by atoms with Crippen molar-refractivity contribution in [3.63, 3.8) is 0 Å². The van der Waals surface area contributed by atoms with Crippen LogP contribution in [0, 0.1) is 13.8 Å². The summed E-state index contributed by atoms with van der Waals surface area (Å²) >= 11 is 12.6. The van der Waals surface area contributed by atoms with E-state index in [-0.39, 0.29) is 0 Å². The Morgan fingerprint density at radius 3 is 2.42 bits per heavy atom. The van der Waals surface area contributed by atoms with Gasteiger partial charge in [0, 0.05) is 43.1 Å². The molecular formula is C26H27Cl2N5O3. The molecular weight excluding hydrogens is 501 g/mol. The summed E-state index contributed by atoms with van der Waals surface area (Å²) < 4.78 is 7.39. The molecule has 1 aromatic heterocycles. The summed E-state index contributed by atoms with van der Waals surface area (Å²) in [6.07, 6.45) is 1.52. The van der Waals surface area contributed by atoms with Crippen molar-refractivity contribution >= 4 is 46.9 Å². The Labute approximate surface area is 220 Å². The standard InChI is InChI=1S/C26H27Cl2N5O3/c1-17-15-19(18(2)33(17)22-9-6-7-20(27)24(22)28)16-29-30-25(34)26(35)32-13-11-31(12-14-32)21-8-4-5-10-23(21)36-3/h4-10,15-16H,11-14H2,1-3H3,(H,30,34)/b29-16-. The van der Waals surface area contributed by atoms with Gasteiger partial charge in [-0.05, 0) is 44.2 Å². The second kappa shape index (κ2) is 11.1. The SMILES string of the molecule is COc1ccccc1N1CCN(C(=O)C(=O)N/N=C\c2cc(C)n(-c3cccc(Cl)c3Cl)c2C)CC1. The number of methoxy groups -OCH3 is 1. The van der Waals surface area contributed by atoms with Crippen LogP contribution in [0.5, 0.6) is 5.75 Å². The summed E-state index contributed by atoms with van der Waals surface area (Å²) in [6, 6.07) is 15.1. The first-order valence-corrected chi connectivity index (χ1v) is 12.2. The molecule has 188 valence electrons. The lowest BCUT2D eigenvalue weighted by Crippen LogP contribution is -2.52. The molecule has 2 amide bonds. The van der Waals surface area contributed by atoms with E-state index >= 15 is 0 Å². The Hall–Kier alpha value is -3.49. The van der Waals surface area contributed by atoms with E-state index in [1.807, 2.05) is 60.9 Å². The topological polar surface area (TPSA) is 79.2 Å². The Kier molecular flexibility index (Phi) is 7.86. The normalized spacial score (nSPS) is 13.8. The molecule has 3 aromatic rings. The third-order valence-corrected chi connectivity index (χ3v) is 7.01. The lowest BCUT2D eigenvalue weighted by atomic mass is 10.2. The first-order valence-electron chi connectivity index (χ1n) is 11.5. The number of hydrogen-bond acceptors (Lipinski definition) is 5. The number of anilines is 1. The van der Waals surface area contributed by atoms with Crippen molar-refractivity contribution in [2.24, 2.45) is 5.10 Å². The molecule has 1 aliphatic rings. The maximum absolute atomic E-state index is 12.7. The van der Waals surface area contributed by atoms with Crippen LogP contribution in [0.4, 0.5) is 5.69 Å². The van der Waals surface area contributed by atoms with Gasteiger partial charge in [-0.15, -0.1) is 0 Å². The van der Waals surface area contributed by atoms with Crippen LogP contribution in [-0.4, -0.2) is 60.8 Å². The maximum atomic E-state index is 12.7. The molecule has 0 saturated carbocycles. The number of hydrogen-bond donors (Lipinski definition) is 1. The van der Waals surface area contributed by atoms with Crippen LogP contribution in [0.2, 0.25) is 10.0 Å². The van der Waals surface area contributed by atoms with E-state index < -0.39 is 11.8 Å². The van der Waals surface area contributed by atoms with Gasteiger partial charge in [0.1, 0.15) is 5.75 Å². The number of ether oxygens (including phenoxy) is 1. The molecule has 0 aliphatic carbocycles. The van der Waals surface area contributed by atoms with Crippen molar-refractivity contribution in [2.45, 2.75) is 13.8 Å². The molecule has 2 aromatic carbocycles. The van der Waals surface area contributed by atoms with E-state index in [9.17, 15) is 9.59 Å². The summed E-state index contributed by atoms with van der Waals surface area (Å²) in [5.74, 6) is -0.604. The number of nitrogens with zero attached hydrogens (tertiary/aromatic N) is 4. The smallest absolute Gasteiger partial charge is 0.329 e. The third-order valence-electron chi connectivity index (χ3n) is 6.20. The lowest BCUT2D eigenvalue weighted by molar-refractivity contribution is -0.146. The van der Waals surface area contributed by atoms with Crippen LogP contribution in [0.1, 0.15) is 17.0 Å². The lowest BCUT2D eigenvalue weighted by Gasteiger charge is -2.36. The summed E-state index contributed by atoms with van der Waals surface area (Å²) in [5.41, 5.74) is 6.65. The first-order chi connectivity index (χ1) is 17.3. The average molecular weight is 528 g/mol. The third kappa shape index (κ3) is 5.20. The van der Waals surface area contributed by atoms with Gasteiger partial charge >= 0.3 is 11.8 Å². The highest BCUT2D eigenvalue weighted by Gasteiger charge is 2.27. The molecule has 0 unspecified atom stereocenters. The Morgan fingerprint density at radius 1 is 1.00 bits per heavy atom. The van der Waals surface area contributed by atoms with E-state index in [0.717, 1.165) is 34.1 Å². The van der Waals surface area contributed by atoms with Gasteiger partial charge in [0.15, 0.2) is 0 Å². The van der Waals surface area contributed by atoms with Crippen LogP contribution in [-0.2, 0) is 9.59 Å². The van der Waals surface area contributed by atoms with Gasteiger partial charge in [0.05, 0.1) is 34.7 Å². The van der Waals surface area contributed by atoms with Gasteiger partial charge in [0.25, 0.3) is 0 Å². The Balaban J connectivity index is 1.37. The minimum absolute atomic E-state index is 0.426. The Morgan fingerprint density at radius 2 is 1.69 bits per heavy atom. The summed E-state index contributed by atoms with van der Waals surface area (Å²) in [4.78, 5) is 28.8. The second-order valence-corrected chi connectivity index (χ2v) is 9.17. The zero-order valence-electron chi connectivity index (χ0n) is 20.3. The molecule has 36 heavy (non-hydrogen) atoms. The zero-order valence-corrected chi connectivity index (χ0v) is 21.8. The van der Waals surface area contributed by atoms with E-state index in [4.69, 9.17) is 27.9 Å². The molecule has 1 aliphatic heterocycles. The van der Waals surface area contributed by atoms with Crippen LogP contribution in [0.15, 0.2) is 53.6 Å². The molecule has 10 heteroatoms. The van der Waals surface area contributed by atoms with Crippen LogP contribution in [0.3, 0.4) is 0 Å². The Bertz CT molecular complexity index is 1310. The number of hydrazone groups is 1. The fourth-order valence-electron chi connectivity index (χ4n) is 4.35. The van der Waals surface area contributed by atoms with Gasteiger partial charge in [-0.3, -0.25) is 9.59 Å². The summed E-state index contributed by atoms with van der Waals surface area (Å²) in [6.45, 7) is 5.90. The van der Waals surface area contributed by atoms with E-state index in [1.54, 1.807) is 13.2 Å². The second-order valence-electron chi connectivity index (χ2n) is 8.39. The number of rotatable bonds is 5. The molecule has 1 N–H and O–H groups in total. The minimum atomic E-state index is -0.774. The largest absolute Gasteiger partial charge is 0.495 e. The van der Waals surface area contributed by atoms with E-state index in [2.05, 4.69) is 15.4 Å². The number of piperazine rings is 1. The van der Waals surface area contributed by atoms with Gasteiger partial charge < -0.3 is 19.1 Å². The van der Waals surface area contributed by atoms with Crippen LogP contribution >= 0.6 is 23.2 Å². The number of halogens is 2. The number of nitrogens with one attached hydrogen (secondary N) is 1. The predicted octanol–water partition coefficient (Wildman–Crippen LogP) is 4.21. The molecule has 0 bridgehead atoms. The average Bonchev–Trinajstić information content (AvgIpc) is 3.17. The molecule has 4 rings (SSSR count). The van der Waals surface area contributed by atoms with Crippen molar-refractivity contribution in [1.29, 1.82) is 0 Å².